The Labute approximate surface area is 103 Å². The van der Waals surface area contributed by atoms with E-state index < -0.39 is 17.7 Å². The van der Waals surface area contributed by atoms with Gasteiger partial charge in [-0.3, -0.25) is 0 Å². The normalized spacial score (nSPS) is 12.8. The van der Waals surface area contributed by atoms with E-state index >= 15 is 0 Å². The molecule has 0 amide bonds. The molecule has 1 aromatic heterocycles. The highest BCUT2D eigenvalue weighted by Crippen LogP contribution is 2.32. The summed E-state index contributed by atoms with van der Waals surface area (Å²) in [4.78, 5) is 0.496. The molecule has 1 aromatic carbocycles. The fourth-order valence-corrected chi connectivity index (χ4v) is 2.82. The summed E-state index contributed by atoms with van der Waals surface area (Å²) in [6.07, 6.45) is -1.27. The highest BCUT2D eigenvalue weighted by atomic mass is 79.9. The summed E-state index contributed by atoms with van der Waals surface area (Å²) in [6.45, 7) is 0. The second-order valence-electron chi connectivity index (χ2n) is 3.21. The van der Waals surface area contributed by atoms with E-state index in [2.05, 4.69) is 15.9 Å². The Balaban J connectivity index is 2.45. The van der Waals surface area contributed by atoms with Crippen LogP contribution in [-0.2, 0) is 0 Å². The van der Waals surface area contributed by atoms with Gasteiger partial charge >= 0.3 is 0 Å². The molecule has 0 saturated heterocycles. The predicted octanol–water partition coefficient (Wildman–Crippen LogP) is 3.87. The van der Waals surface area contributed by atoms with Crippen molar-refractivity contribution in [1.29, 1.82) is 0 Å². The van der Waals surface area contributed by atoms with E-state index in [4.69, 9.17) is 0 Å². The zero-order valence-corrected chi connectivity index (χ0v) is 10.4. The molecule has 0 aliphatic rings. The SMILES string of the molecule is OC(c1cc(Br)cs1)c1c(F)cccc1F. The summed E-state index contributed by atoms with van der Waals surface area (Å²) < 4.78 is 27.6. The zero-order valence-electron chi connectivity index (χ0n) is 7.95. The molecule has 0 saturated carbocycles. The highest BCUT2D eigenvalue weighted by molar-refractivity contribution is 9.10. The van der Waals surface area contributed by atoms with Crippen molar-refractivity contribution in [1.82, 2.24) is 0 Å². The van der Waals surface area contributed by atoms with Gasteiger partial charge in [0.1, 0.15) is 17.7 Å². The van der Waals surface area contributed by atoms with Gasteiger partial charge in [0.2, 0.25) is 0 Å². The predicted molar refractivity (Wildman–Crippen MR) is 62.4 cm³/mol. The summed E-state index contributed by atoms with van der Waals surface area (Å²) in [5.74, 6) is -1.48. The van der Waals surface area contributed by atoms with Gasteiger partial charge in [-0.1, -0.05) is 6.07 Å². The Morgan fingerprint density at radius 1 is 1.25 bits per heavy atom. The van der Waals surface area contributed by atoms with E-state index in [0.29, 0.717) is 4.88 Å². The molecule has 1 heterocycles. The fraction of sp³-hybridized carbons (Fsp3) is 0.0909. The van der Waals surface area contributed by atoms with Crippen molar-refractivity contribution < 1.29 is 13.9 Å². The maximum atomic E-state index is 13.4. The van der Waals surface area contributed by atoms with Gasteiger partial charge in [0.25, 0.3) is 0 Å². The Bertz CT molecular complexity index is 492. The third-order valence-electron chi connectivity index (χ3n) is 2.13. The number of aliphatic hydroxyl groups excluding tert-OH is 1. The molecular formula is C11H7BrF2OS. The molecule has 1 unspecified atom stereocenters. The van der Waals surface area contributed by atoms with E-state index in [1.54, 1.807) is 11.4 Å². The van der Waals surface area contributed by atoms with Crippen molar-refractivity contribution in [3.05, 3.63) is 56.2 Å². The van der Waals surface area contributed by atoms with Gasteiger partial charge in [0.05, 0.1) is 5.56 Å². The molecule has 0 aliphatic heterocycles. The van der Waals surface area contributed by atoms with Crippen molar-refractivity contribution >= 4 is 27.3 Å². The monoisotopic (exact) mass is 304 g/mol. The summed E-state index contributed by atoms with van der Waals surface area (Å²) in [7, 11) is 0. The quantitative estimate of drug-likeness (QED) is 0.893. The molecule has 84 valence electrons. The maximum absolute atomic E-state index is 13.4. The molecule has 1 atom stereocenters. The number of aliphatic hydroxyl groups is 1. The highest BCUT2D eigenvalue weighted by Gasteiger charge is 2.20. The van der Waals surface area contributed by atoms with Gasteiger partial charge in [-0.25, -0.2) is 8.78 Å². The van der Waals surface area contributed by atoms with Crippen molar-refractivity contribution in [2.24, 2.45) is 0 Å². The van der Waals surface area contributed by atoms with Crippen LogP contribution in [0.5, 0.6) is 0 Å². The van der Waals surface area contributed by atoms with Crippen LogP contribution in [0.15, 0.2) is 34.1 Å². The minimum atomic E-state index is -1.27. The Morgan fingerprint density at radius 2 is 1.88 bits per heavy atom. The molecule has 1 N–H and O–H groups in total. The lowest BCUT2D eigenvalue weighted by atomic mass is 10.1. The number of hydrogen-bond acceptors (Lipinski definition) is 2. The molecule has 2 aromatic rings. The third kappa shape index (κ3) is 2.16. The van der Waals surface area contributed by atoms with Gasteiger partial charge in [0.15, 0.2) is 0 Å². The summed E-state index contributed by atoms with van der Waals surface area (Å²) in [5.41, 5.74) is -0.308. The van der Waals surface area contributed by atoms with Crippen LogP contribution in [0, 0.1) is 11.6 Å². The van der Waals surface area contributed by atoms with E-state index in [1.165, 1.54) is 17.4 Å². The minimum Gasteiger partial charge on any atom is -0.383 e. The molecule has 0 fully saturated rings. The number of benzene rings is 1. The Hall–Kier alpha value is -0.780. The van der Waals surface area contributed by atoms with Crippen LogP contribution in [0.3, 0.4) is 0 Å². The Kier molecular flexibility index (Phi) is 3.37. The van der Waals surface area contributed by atoms with E-state index in [0.717, 1.165) is 16.6 Å². The van der Waals surface area contributed by atoms with Gasteiger partial charge in [-0.15, -0.1) is 11.3 Å². The minimum absolute atomic E-state index is 0.308. The second-order valence-corrected chi connectivity index (χ2v) is 5.06. The lowest BCUT2D eigenvalue weighted by molar-refractivity contribution is 0.212. The number of thiophene rings is 1. The zero-order chi connectivity index (χ0) is 11.7. The van der Waals surface area contributed by atoms with Gasteiger partial charge in [0, 0.05) is 14.7 Å². The fourth-order valence-electron chi connectivity index (χ4n) is 1.39. The van der Waals surface area contributed by atoms with Crippen LogP contribution in [0.4, 0.5) is 8.78 Å². The first-order valence-corrected chi connectivity index (χ1v) is 6.13. The number of halogens is 3. The summed E-state index contributed by atoms with van der Waals surface area (Å²) in [6, 6.07) is 5.17. The van der Waals surface area contributed by atoms with Crippen LogP contribution >= 0.6 is 27.3 Å². The van der Waals surface area contributed by atoms with Crippen molar-refractivity contribution in [3.63, 3.8) is 0 Å². The number of rotatable bonds is 2. The first-order valence-electron chi connectivity index (χ1n) is 4.45. The smallest absolute Gasteiger partial charge is 0.132 e. The van der Waals surface area contributed by atoms with E-state index in [9.17, 15) is 13.9 Å². The molecule has 0 aliphatic carbocycles. The van der Waals surface area contributed by atoms with Crippen LogP contribution in [0.2, 0.25) is 0 Å². The van der Waals surface area contributed by atoms with Gasteiger partial charge < -0.3 is 5.11 Å². The van der Waals surface area contributed by atoms with Crippen molar-refractivity contribution in [2.45, 2.75) is 6.10 Å². The van der Waals surface area contributed by atoms with Crippen molar-refractivity contribution in [2.75, 3.05) is 0 Å². The molecule has 5 heteroatoms. The first kappa shape index (κ1) is 11.7. The van der Waals surface area contributed by atoms with Crippen LogP contribution in [-0.4, -0.2) is 5.11 Å². The van der Waals surface area contributed by atoms with Crippen molar-refractivity contribution in [3.8, 4) is 0 Å². The largest absolute Gasteiger partial charge is 0.383 e. The summed E-state index contributed by atoms with van der Waals surface area (Å²) in [5, 5.41) is 11.6. The van der Waals surface area contributed by atoms with Crippen LogP contribution in [0.25, 0.3) is 0 Å². The molecular weight excluding hydrogens is 298 g/mol. The van der Waals surface area contributed by atoms with E-state index in [1.807, 2.05) is 0 Å². The lowest BCUT2D eigenvalue weighted by Gasteiger charge is -2.10. The Morgan fingerprint density at radius 3 is 2.38 bits per heavy atom. The lowest BCUT2D eigenvalue weighted by Crippen LogP contribution is -2.03. The topological polar surface area (TPSA) is 20.2 Å². The van der Waals surface area contributed by atoms with Gasteiger partial charge in [-0.05, 0) is 34.1 Å². The van der Waals surface area contributed by atoms with E-state index in [-0.39, 0.29) is 5.56 Å². The first-order chi connectivity index (χ1) is 7.59. The maximum Gasteiger partial charge on any atom is 0.132 e. The molecule has 1 nitrogen and oxygen atoms in total. The molecule has 0 spiro atoms. The van der Waals surface area contributed by atoms with Crippen LogP contribution < -0.4 is 0 Å². The molecule has 0 radical (unpaired) electrons. The average molecular weight is 305 g/mol. The van der Waals surface area contributed by atoms with Crippen LogP contribution in [0.1, 0.15) is 16.5 Å². The second kappa shape index (κ2) is 4.61. The molecule has 0 bridgehead atoms. The third-order valence-corrected chi connectivity index (χ3v) is 3.88. The summed E-state index contributed by atoms with van der Waals surface area (Å²) >= 11 is 4.46. The average Bonchev–Trinajstić information content (AvgIpc) is 2.64. The standard InChI is InChI=1S/C11H7BrF2OS/c12-6-4-9(16-5-6)11(15)10-7(13)2-1-3-8(10)14/h1-5,11,15H. The molecule has 16 heavy (non-hydrogen) atoms. The number of hydrogen-bond donors (Lipinski definition) is 1. The van der Waals surface area contributed by atoms with Gasteiger partial charge in [-0.2, -0.15) is 0 Å². The molecule has 2 rings (SSSR count).